The van der Waals surface area contributed by atoms with Crippen molar-refractivity contribution in [3.8, 4) is 0 Å². The van der Waals surface area contributed by atoms with Gasteiger partial charge < -0.3 is 10.2 Å². The van der Waals surface area contributed by atoms with Crippen LogP contribution < -0.4 is 10.2 Å². The van der Waals surface area contributed by atoms with Crippen molar-refractivity contribution in [2.24, 2.45) is 0 Å². The lowest BCUT2D eigenvalue weighted by atomic mass is 10.2. The largest absolute Gasteiger partial charge is 0.347 e. The van der Waals surface area contributed by atoms with Gasteiger partial charge in [-0.05, 0) is 18.1 Å². The Morgan fingerprint density at radius 1 is 1.38 bits per heavy atom. The van der Waals surface area contributed by atoms with Gasteiger partial charge in [0.15, 0.2) is 0 Å². The van der Waals surface area contributed by atoms with E-state index in [-0.39, 0.29) is 5.91 Å². The number of hydrogen-bond donors (Lipinski definition) is 1. The third-order valence-corrected chi connectivity index (χ3v) is 3.46. The number of benzene rings is 1. The van der Waals surface area contributed by atoms with Crippen LogP contribution >= 0.6 is 0 Å². The van der Waals surface area contributed by atoms with Gasteiger partial charge in [0, 0.05) is 24.8 Å². The van der Waals surface area contributed by atoms with E-state index in [0.29, 0.717) is 12.2 Å². The minimum absolute atomic E-state index is 0.217. The maximum absolute atomic E-state index is 11.9. The van der Waals surface area contributed by atoms with Gasteiger partial charge in [-0.2, -0.15) is 0 Å². The highest BCUT2D eigenvalue weighted by molar-refractivity contribution is 5.93. The van der Waals surface area contributed by atoms with Gasteiger partial charge in [0.25, 0.3) is 5.91 Å². The van der Waals surface area contributed by atoms with Gasteiger partial charge in [-0.15, -0.1) is 6.58 Å². The number of aromatic nitrogens is 2. The molecule has 2 heterocycles. The number of rotatable bonds is 4. The molecule has 0 saturated carbocycles. The molecule has 1 aliphatic heterocycles. The lowest BCUT2D eigenvalue weighted by Gasteiger charge is -2.18. The van der Waals surface area contributed by atoms with Crippen LogP contribution in [0.2, 0.25) is 0 Å². The van der Waals surface area contributed by atoms with Gasteiger partial charge in [-0.1, -0.05) is 24.3 Å². The molecule has 1 aromatic heterocycles. The fourth-order valence-electron chi connectivity index (χ4n) is 2.45. The minimum Gasteiger partial charge on any atom is -0.347 e. The van der Waals surface area contributed by atoms with Gasteiger partial charge in [0.1, 0.15) is 17.8 Å². The summed E-state index contributed by atoms with van der Waals surface area (Å²) >= 11 is 0. The Kier molecular flexibility index (Phi) is 3.64. The smallest absolute Gasteiger partial charge is 0.270 e. The molecule has 1 amide bonds. The first kappa shape index (κ1) is 13.3. The van der Waals surface area contributed by atoms with Crippen LogP contribution in [0, 0.1) is 0 Å². The second-order valence-electron chi connectivity index (χ2n) is 4.79. The first-order valence-electron chi connectivity index (χ1n) is 6.86. The van der Waals surface area contributed by atoms with Crippen molar-refractivity contribution >= 4 is 17.4 Å². The minimum atomic E-state index is -0.217. The molecule has 3 rings (SSSR count). The Morgan fingerprint density at radius 2 is 2.24 bits per heavy atom. The second-order valence-corrected chi connectivity index (χ2v) is 4.79. The Balaban J connectivity index is 1.87. The predicted octanol–water partition coefficient (Wildman–Crippen LogP) is 2.09. The van der Waals surface area contributed by atoms with Crippen molar-refractivity contribution in [1.82, 2.24) is 15.3 Å². The van der Waals surface area contributed by atoms with Crippen molar-refractivity contribution in [2.75, 3.05) is 18.0 Å². The second kappa shape index (κ2) is 5.75. The summed E-state index contributed by atoms with van der Waals surface area (Å²) < 4.78 is 0. The summed E-state index contributed by atoms with van der Waals surface area (Å²) in [4.78, 5) is 22.4. The molecule has 0 unspecified atom stereocenters. The van der Waals surface area contributed by atoms with Crippen molar-refractivity contribution in [2.45, 2.75) is 6.42 Å². The molecule has 0 aliphatic carbocycles. The topological polar surface area (TPSA) is 58.1 Å². The maximum Gasteiger partial charge on any atom is 0.270 e. The maximum atomic E-state index is 11.9. The lowest BCUT2D eigenvalue weighted by molar-refractivity contribution is 0.0953. The molecule has 21 heavy (non-hydrogen) atoms. The Bertz CT molecular complexity index is 683. The first-order chi connectivity index (χ1) is 10.3. The van der Waals surface area contributed by atoms with Gasteiger partial charge in [-0.25, -0.2) is 9.97 Å². The van der Waals surface area contributed by atoms with E-state index in [0.717, 1.165) is 24.5 Å². The highest BCUT2D eigenvalue weighted by atomic mass is 16.1. The number of hydrogen-bond acceptors (Lipinski definition) is 4. The summed E-state index contributed by atoms with van der Waals surface area (Å²) in [6, 6.07) is 9.96. The Hall–Kier alpha value is -2.69. The molecule has 5 nitrogen and oxygen atoms in total. The zero-order valence-electron chi connectivity index (χ0n) is 11.6. The van der Waals surface area contributed by atoms with Crippen LogP contribution in [0.1, 0.15) is 16.1 Å². The molecule has 5 heteroatoms. The fraction of sp³-hybridized carbons (Fsp3) is 0.188. The van der Waals surface area contributed by atoms with Crippen LogP contribution in [0.25, 0.3) is 0 Å². The molecular weight excluding hydrogens is 264 g/mol. The van der Waals surface area contributed by atoms with Crippen LogP contribution in [0.5, 0.6) is 0 Å². The van der Waals surface area contributed by atoms with Crippen molar-refractivity contribution in [1.29, 1.82) is 0 Å². The van der Waals surface area contributed by atoms with E-state index < -0.39 is 0 Å². The monoisotopic (exact) mass is 280 g/mol. The summed E-state index contributed by atoms with van der Waals surface area (Å²) in [5.41, 5.74) is 2.81. The van der Waals surface area contributed by atoms with E-state index in [1.165, 1.54) is 11.9 Å². The quantitative estimate of drug-likeness (QED) is 0.871. The molecule has 2 aromatic rings. The number of nitrogens with zero attached hydrogens (tertiary/aromatic N) is 3. The number of fused-ring (bicyclic) bond motifs is 1. The first-order valence-corrected chi connectivity index (χ1v) is 6.86. The zero-order valence-corrected chi connectivity index (χ0v) is 11.6. The average molecular weight is 280 g/mol. The van der Waals surface area contributed by atoms with Gasteiger partial charge in [0.2, 0.25) is 0 Å². The van der Waals surface area contributed by atoms with E-state index in [1.807, 2.05) is 12.1 Å². The standard InChI is InChI=1S/C16H16N4O/c1-2-8-17-16(21)13-10-15(19-11-18-13)20-9-7-12-5-3-4-6-14(12)20/h2-6,10-11H,1,7-9H2,(H,17,21). The highest BCUT2D eigenvalue weighted by Crippen LogP contribution is 2.32. The van der Waals surface area contributed by atoms with Crippen LogP contribution in [0.4, 0.5) is 11.5 Å². The molecule has 0 spiro atoms. The van der Waals surface area contributed by atoms with Crippen LogP contribution in [-0.4, -0.2) is 29.0 Å². The van der Waals surface area contributed by atoms with E-state index in [9.17, 15) is 4.79 Å². The molecule has 1 aliphatic rings. The molecule has 1 N–H and O–H groups in total. The highest BCUT2D eigenvalue weighted by Gasteiger charge is 2.21. The molecule has 1 aromatic carbocycles. The summed E-state index contributed by atoms with van der Waals surface area (Å²) in [6.07, 6.45) is 4.05. The molecule has 0 saturated heterocycles. The van der Waals surface area contributed by atoms with Crippen LogP contribution in [0.3, 0.4) is 0 Å². The summed E-state index contributed by atoms with van der Waals surface area (Å²) in [6.45, 7) is 4.86. The van der Waals surface area contributed by atoms with E-state index in [4.69, 9.17) is 0 Å². The predicted molar refractivity (Wildman–Crippen MR) is 81.7 cm³/mol. The van der Waals surface area contributed by atoms with Gasteiger partial charge in [0.05, 0.1) is 0 Å². The van der Waals surface area contributed by atoms with E-state index >= 15 is 0 Å². The van der Waals surface area contributed by atoms with E-state index in [2.05, 4.69) is 38.9 Å². The molecule has 0 fully saturated rings. The van der Waals surface area contributed by atoms with Gasteiger partial charge >= 0.3 is 0 Å². The number of nitrogens with one attached hydrogen (secondary N) is 1. The molecule has 0 atom stereocenters. The third-order valence-electron chi connectivity index (χ3n) is 3.46. The number of anilines is 2. The summed E-state index contributed by atoms with van der Waals surface area (Å²) in [7, 11) is 0. The number of carbonyl (C=O) groups excluding carboxylic acids is 1. The SMILES string of the molecule is C=CCNC(=O)c1cc(N2CCc3ccccc32)ncn1. The van der Waals surface area contributed by atoms with Crippen LogP contribution in [0.15, 0.2) is 49.3 Å². The van der Waals surface area contributed by atoms with Crippen molar-refractivity contribution in [3.05, 3.63) is 60.6 Å². The Labute approximate surface area is 123 Å². The molecule has 0 bridgehead atoms. The fourth-order valence-corrected chi connectivity index (χ4v) is 2.45. The number of carbonyl (C=O) groups is 1. The van der Waals surface area contributed by atoms with Gasteiger partial charge in [-0.3, -0.25) is 4.79 Å². The molecule has 0 radical (unpaired) electrons. The molecular formula is C16H16N4O. The average Bonchev–Trinajstić information content (AvgIpc) is 2.97. The third kappa shape index (κ3) is 2.63. The number of amides is 1. The number of para-hydroxylation sites is 1. The van der Waals surface area contributed by atoms with Crippen molar-refractivity contribution in [3.63, 3.8) is 0 Å². The van der Waals surface area contributed by atoms with Crippen LogP contribution in [-0.2, 0) is 6.42 Å². The zero-order chi connectivity index (χ0) is 14.7. The Morgan fingerprint density at radius 3 is 3.10 bits per heavy atom. The summed E-state index contributed by atoms with van der Waals surface area (Å²) in [5.74, 6) is 0.532. The molecule has 106 valence electrons. The normalized spacial score (nSPS) is 12.9. The van der Waals surface area contributed by atoms with Crippen molar-refractivity contribution < 1.29 is 4.79 Å². The summed E-state index contributed by atoms with van der Waals surface area (Å²) in [5, 5.41) is 2.72. The lowest BCUT2D eigenvalue weighted by Crippen LogP contribution is -2.25. The van der Waals surface area contributed by atoms with E-state index in [1.54, 1.807) is 12.1 Å².